The molecular formula is C15H16N4O2. The Balaban J connectivity index is 2.61. The average Bonchev–Trinajstić information content (AvgIpc) is 2.47. The lowest BCUT2D eigenvalue weighted by Crippen LogP contribution is -2.24. The number of non-ortho nitro benzene ring substituents is 1. The number of pyridine rings is 1. The van der Waals surface area contributed by atoms with Gasteiger partial charge in [0, 0.05) is 42.0 Å². The summed E-state index contributed by atoms with van der Waals surface area (Å²) in [6, 6.07) is 8.72. The topological polar surface area (TPSA) is 83.1 Å². The number of aryl methyl sites for hydroxylation is 1. The first-order valence-electron chi connectivity index (χ1n) is 6.74. The second-order valence-corrected chi connectivity index (χ2v) is 4.73. The van der Waals surface area contributed by atoms with E-state index in [1.165, 1.54) is 6.07 Å². The van der Waals surface area contributed by atoms with Gasteiger partial charge in [-0.05, 0) is 26.0 Å². The number of benzene rings is 1. The number of nitro groups is 1. The lowest BCUT2D eigenvalue weighted by Gasteiger charge is -2.23. The monoisotopic (exact) mass is 284 g/mol. The van der Waals surface area contributed by atoms with E-state index in [9.17, 15) is 10.1 Å². The number of nitrogens with zero attached hydrogens (tertiary/aromatic N) is 4. The summed E-state index contributed by atoms with van der Waals surface area (Å²) < 4.78 is 0. The molecule has 0 amide bonds. The van der Waals surface area contributed by atoms with E-state index in [0.29, 0.717) is 13.0 Å². The first-order valence-corrected chi connectivity index (χ1v) is 6.74. The van der Waals surface area contributed by atoms with Crippen LogP contribution in [0.25, 0.3) is 10.9 Å². The molecule has 21 heavy (non-hydrogen) atoms. The highest BCUT2D eigenvalue weighted by Crippen LogP contribution is 2.30. The van der Waals surface area contributed by atoms with E-state index >= 15 is 0 Å². The molecule has 0 unspecified atom stereocenters. The minimum absolute atomic E-state index is 0.0470. The number of nitro benzene ring substituents is 1. The van der Waals surface area contributed by atoms with Gasteiger partial charge >= 0.3 is 0 Å². The van der Waals surface area contributed by atoms with Crippen LogP contribution >= 0.6 is 0 Å². The van der Waals surface area contributed by atoms with Crippen LogP contribution in [0.15, 0.2) is 24.3 Å². The maximum absolute atomic E-state index is 11.0. The minimum atomic E-state index is -0.408. The molecule has 0 aliphatic carbocycles. The van der Waals surface area contributed by atoms with Crippen molar-refractivity contribution in [2.24, 2.45) is 0 Å². The smallest absolute Gasteiger partial charge is 0.270 e. The highest BCUT2D eigenvalue weighted by molar-refractivity contribution is 5.93. The van der Waals surface area contributed by atoms with Gasteiger partial charge in [0.05, 0.1) is 22.9 Å². The van der Waals surface area contributed by atoms with Crippen molar-refractivity contribution in [1.82, 2.24) is 4.98 Å². The van der Waals surface area contributed by atoms with Crippen LogP contribution in [0.3, 0.4) is 0 Å². The van der Waals surface area contributed by atoms with Crippen molar-refractivity contribution in [1.29, 1.82) is 5.26 Å². The molecule has 2 aromatic rings. The highest BCUT2D eigenvalue weighted by Gasteiger charge is 2.14. The van der Waals surface area contributed by atoms with Gasteiger partial charge in [-0.25, -0.2) is 0 Å². The SMILES string of the molecule is CCN(CCC#N)c1cc(C)nc2ccc([N+](=O)[O-])cc12. The van der Waals surface area contributed by atoms with Crippen LogP contribution in [0.4, 0.5) is 11.4 Å². The second-order valence-electron chi connectivity index (χ2n) is 4.73. The molecule has 0 aliphatic rings. The van der Waals surface area contributed by atoms with Crippen molar-refractivity contribution in [2.75, 3.05) is 18.0 Å². The lowest BCUT2D eigenvalue weighted by atomic mass is 10.1. The van der Waals surface area contributed by atoms with Gasteiger partial charge in [0.2, 0.25) is 0 Å². The molecule has 2 rings (SSSR count). The summed E-state index contributed by atoms with van der Waals surface area (Å²) in [5.41, 5.74) is 2.51. The maximum atomic E-state index is 11.0. The first-order chi connectivity index (χ1) is 10.1. The van der Waals surface area contributed by atoms with E-state index in [1.807, 2.05) is 24.8 Å². The standard InChI is InChI=1S/C15H16N4O2/c1-3-18(8-4-7-16)15-9-11(2)17-14-6-5-12(19(20)21)10-13(14)15/h5-6,9-10H,3-4,8H2,1-2H3. The first kappa shape index (κ1) is 14.7. The molecule has 108 valence electrons. The third kappa shape index (κ3) is 3.08. The zero-order chi connectivity index (χ0) is 15.4. The Labute approximate surface area is 122 Å². The molecule has 1 heterocycles. The Morgan fingerprint density at radius 2 is 2.19 bits per heavy atom. The third-order valence-corrected chi connectivity index (χ3v) is 3.33. The Morgan fingerprint density at radius 3 is 2.81 bits per heavy atom. The zero-order valence-electron chi connectivity index (χ0n) is 12.0. The van der Waals surface area contributed by atoms with Crippen molar-refractivity contribution in [2.45, 2.75) is 20.3 Å². The lowest BCUT2D eigenvalue weighted by molar-refractivity contribution is -0.384. The molecule has 0 atom stereocenters. The molecule has 0 saturated carbocycles. The summed E-state index contributed by atoms with van der Waals surface area (Å²) >= 11 is 0. The zero-order valence-corrected chi connectivity index (χ0v) is 12.0. The number of hydrogen-bond donors (Lipinski definition) is 0. The Hall–Kier alpha value is -2.68. The van der Waals surface area contributed by atoms with Gasteiger partial charge in [0.15, 0.2) is 0 Å². The van der Waals surface area contributed by atoms with E-state index in [-0.39, 0.29) is 5.69 Å². The molecule has 0 radical (unpaired) electrons. The largest absolute Gasteiger partial charge is 0.370 e. The van der Waals surface area contributed by atoms with Crippen LogP contribution in [0.2, 0.25) is 0 Å². The average molecular weight is 284 g/mol. The molecule has 0 N–H and O–H groups in total. The second kappa shape index (κ2) is 6.18. The molecule has 1 aromatic heterocycles. The van der Waals surface area contributed by atoms with Crippen molar-refractivity contribution in [3.63, 3.8) is 0 Å². The normalized spacial score (nSPS) is 10.3. The van der Waals surface area contributed by atoms with Gasteiger partial charge in [-0.3, -0.25) is 15.1 Å². The molecular weight excluding hydrogens is 268 g/mol. The van der Waals surface area contributed by atoms with Gasteiger partial charge < -0.3 is 4.90 Å². The highest BCUT2D eigenvalue weighted by atomic mass is 16.6. The maximum Gasteiger partial charge on any atom is 0.270 e. The van der Waals surface area contributed by atoms with Gasteiger partial charge in [0.1, 0.15) is 0 Å². The van der Waals surface area contributed by atoms with Crippen molar-refractivity contribution in [3.8, 4) is 6.07 Å². The van der Waals surface area contributed by atoms with E-state index in [1.54, 1.807) is 12.1 Å². The molecule has 6 heteroatoms. The van der Waals surface area contributed by atoms with E-state index in [4.69, 9.17) is 5.26 Å². The summed E-state index contributed by atoms with van der Waals surface area (Å²) in [7, 11) is 0. The summed E-state index contributed by atoms with van der Waals surface area (Å²) in [4.78, 5) is 17.0. The van der Waals surface area contributed by atoms with E-state index in [0.717, 1.165) is 28.8 Å². The van der Waals surface area contributed by atoms with Gasteiger partial charge in [-0.1, -0.05) is 0 Å². The predicted molar refractivity (Wildman–Crippen MR) is 81.3 cm³/mol. The van der Waals surface area contributed by atoms with Crippen molar-refractivity contribution < 1.29 is 4.92 Å². The third-order valence-electron chi connectivity index (χ3n) is 3.33. The van der Waals surface area contributed by atoms with Crippen LogP contribution < -0.4 is 4.90 Å². The molecule has 0 spiro atoms. The fourth-order valence-electron chi connectivity index (χ4n) is 2.33. The Morgan fingerprint density at radius 1 is 1.43 bits per heavy atom. The molecule has 0 fully saturated rings. The number of nitriles is 1. The fourth-order valence-corrected chi connectivity index (χ4v) is 2.33. The summed E-state index contributed by atoms with van der Waals surface area (Å²) in [5, 5.41) is 20.5. The summed E-state index contributed by atoms with van der Waals surface area (Å²) in [5.74, 6) is 0. The Kier molecular flexibility index (Phi) is 4.33. The van der Waals surface area contributed by atoms with Crippen LogP contribution in [-0.4, -0.2) is 23.0 Å². The number of hydrogen-bond acceptors (Lipinski definition) is 5. The van der Waals surface area contributed by atoms with E-state index < -0.39 is 4.92 Å². The number of aromatic nitrogens is 1. The number of rotatable bonds is 5. The minimum Gasteiger partial charge on any atom is -0.370 e. The molecule has 0 saturated heterocycles. The molecule has 0 bridgehead atoms. The van der Waals surface area contributed by atoms with Gasteiger partial charge in [-0.15, -0.1) is 0 Å². The quantitative estimate of drug-likeness (QED) is 0.622. The predicted octanol–water partition coefficient (Wildman–Crippen LogP) is 3.19. The van der Waals surface area contributed by atoms with Crippen LogP contribution in [0.1, 0.15) is 19.0 Å². The molecule has 6 nitrogen and oxygen atoms in total. The van der Waals surface area contributed by atoms with Crippen molar-refractivity contribution >= 4 is 22.3 Å². The number of fused-ring (bicyclic) bond motifs is 1. The van der Waals surface area contributed by atoms with E-state index in [2.05, 4.69) is 11.1 Å². The van der Waals surface area contributed by atoms with Crippen LogP contribution in [0.5, 0.6) is 0 Å². The fraction of sp³-hybridized carbons (Fsp3) is 0.333. The van der Waals surface area contributed by atoms with Crippen LogP contribution in [-0.2, 0) is 0 Å². The summed E-state index contributed by atoms with van der Waals surface area (Å²) in [6.45, 7) is 5.20. The Bertz CT molecular complexity index is 721. The van der Waals surface area contributed by atoms with Crippen molar-refractivity contribution in [3.05, 3.63) is 40.1 Å². The van der Waals surface area contributed by atoms with Gasteiger partial charge in [0.25, 0.3) is 5.69 Å². The number of anilines is 1. The molecule has 1 aromatic carbocycles. The van der Waals surface area contributed by atoms with Crippen LogP contribution in [0, 0.1) is 28.4 Å². The van der Waals surface area contributed by atoms with Gasteiger partial charge in [-0.2, -0.15) is 5.26 Å². The summed E-state index contributed by atoms with van der Waals surface area (Å²) in [6.07, 6.45) is 0.408. The molecule has 0 aliphatic heterocycles.